The molecule has 2 atom stereocenters. The van der Waals surface area contributed by atoms with Gasteiger partial charge in [0.1, 0.15) is 0 Å². The van der Waals surface area contributed by atoms with E-state index in [1.54, 1.807) is 0 Å². The molecule has 0 saturated carbocycles. The lowest BCUT2D eigenvalue weighted by Crippen LogP contribution is -2.44. The van der Waals surface area contributed by atoms with Crippen molar-refractivity contribution in [1.82, 2.24) is 10.6 Å². The number of ether oxygens (including phenoxy) is 1. The number of nitrogens with one attached hydrogen (secondary N) is 2. The predicted octanol–water partition coefficient (Wildman–Crippen LogP) is 1.06. The Balaban J connectivity index is 3.73. The second kappa shape index (κ2) is 7.17. The number of hydrogen-bond donors (Lipinski definition) is 3. The molecule has 0 heterocycles. The minimum Gasteiger partial charge on any atom is -0.356 e. The molecule has 0 aromatic rings. The van der Waals surface area contributed by atoms with Gasteiger partial charge in [-0.25, -0.2) is 0 Å². The van der Waals surface area contributed by atoms with Crippen LogP contribution in [0.2, 0.25) is 0 Å². The van der Waals surface area contributed by atoms with Crippen LogP contribution in [0.15, 0.2) is 0 Å². The zero-order valence-electron chi connectivity index (χ0n) is 10.6. The fraction of sp³-hybridized carbons (Fsp3) is 1.00. The summed E-state index contributed by atoms with van der Waals surface area (Å²) < 4.78 is 5.33. The maximum atomic E-state index is 9.54. The minimum atomic E-state index is -0.891. The molecule has 0 rings (SSSR count). The van der Waals surface area contributed by atoms with Gasteiger partial charge in [0.15, 0.2) is 0 Å². The molecule has 0 aliphatic rings. The lowest BCUT2D eigenvalue weighted by Gasteiger charge is -2.26. The summed E-state index contributed by atoms with van der Waals surface area (Å²) in [6, 6.07) is 0.383. The van der Waals surface area contributed by atoms with Crippen LogP contribution in [-0.2, 0) is 4.74 Å². The first-order chi connectivity index (χ1) is 6.89. The van der Waals surface area contributed by atoms with Gasteiger partial charge in [0.2, 0.25) is 6.41 Å². The van der Waals surface area contributed by atoms with Crippen molar-refractivity contribution in [2.24, 2.45) is 0 Å². The Hall–Kier alpha value is -0.160. The highest BCUT2D eigenvalue weighted by molar-refractivity contribution is 4.67. The summed E-state index contributed by atoms with van der Waals surface area (Å²) in [6.07, 6.45) is 1.33. The van der Waals surface area contributed by atoms with Crippen LogP contribution < -0.4 is 10.6 Å². The van der Waals surface area contributed by atoms with Crippen molar-refractivity contribution in [3.63, 3.8) is 0 Å². The summed E-state index contributed by atoms with van der Waals surface area (Å²) in [5, 5.41) is 15.7. The van der Waals surface area contributed by atoms with Crippen LogP contribution in [-0.4, -0.2) is 36.8 Å². The molecule has 0 aromatic carbocycles. The quantitative estimate of drug-likeness (QED) is 0.559. The molecule has 0 radical (unpaired) electrons. The fourth-order valence-electron chi connectivity index (χ4n) is 1.32. The number of aliphatic hydroxyl groups is 1. The van der Waals surface area contributed by atoms with Gasteiger partial charge in [0, 0.05) is 12.6 Å². The molecule has 0 amide bonds. The van der Waals surface area contributed by atoms with Crippen molar-refractivity contribution in [1.29, 1.82) is 0 Å². The number of aliphatic hydroxyl groups excluding tert-OH is 1. The monoisotopic (exact) mass is 218 g/mol. The number of likely N-dealkylation sites (N-methyl/N-ethyl adjacent to an activating group) is 1. The van der Waals surface area contributed by atoms with E-state index in [0.717, 1.165) is 12.8 Å². The summed E-state index contributed by atoms with van der Waals surface area (Å²) in [4.78, 5) is 0. The molecule has 0 aliphatic heterocycles. The third kappa shape index (κ3) is 8.81. The van der Waals surface area contributed by atoms with Gasteiger partial charge in [0.25, 0.3) is 0 Å². The third-order valence-electron chi connectivity index (χ3n) is 2.05. The summed E-state index contributed by atoms with van der Waals surface area (Å²) in [5.41, 5.74) is -0.327. The molecule has 0 aliphatic carbocycles. The molecule has 3 N–H and O–H groups in total. The molecule has 0 bridgehead atoms. The number of rotatable bonds is 7. The van der Waals surface area contributed by atoms with Gasteiger partial charge < -0.3 is 15.2 Å². The van der Waals surface area contributed by atoms with E-state index in [-0.39, 0.29) is 5.60 Å². The zero-order valence-corrected chi connectivity index (χ0v) is 10.6. The highest BCUT2D eigenvalue weighted by Crippen LogP contribution is 2.08. The van der Waals surface area contributed by atoms with Crippen molar-refractivity contribution in [2.75, 3.05) is 13.6 Å². The highest BCUT2D eigenvalue weighted by atomic mass is 16.6. The average Bonchev–Trinajstić information content (AvgIpc) is 2.09. The van der Waals surface area contributed by atoms with Gasteiger partial charge in [-0.2, -0.15) is 0 Å². The Bertz CT molecular complexity index is 157. The lowest BCUT2D eigenvalue weighted by molar-refractivity contribution is -0.181. The Labute approximate surface area is 93.4 Å². The van der Waals surface area contributed by atoms with Crippen molar-refractivity contribution in [2.45, 2.75) is 58.6 Å². The van der Waals surface area contributed by atoms with Crippen LogP contribution in [0.1, 0.15) is 40.5 Å². The van der Waals surface area contributed by atoms with E-state index in [2.05, 4.69) is 17.6 Å². The van der Waals surface area contributed by atoms with Crippen LogP contribution in [0, 0.1) is 0 Å². The maximum absolute atomic E-state index is 9.54. The smallest absolute Gasteiger partial charge is 0.214 e. The van der Waals surface area contributed by atoms with E-state index >= 15 is 0 Å². The zero-order chi connectivity index (χ0) is 11.9. The molecular weight excluding hydrogens is 192 g/mol. The summed E-state index contributed by atoms with van der Waals surface area (Å²) >= 11 is 0. The normalized spacial score (nSPS) is 16.4. The molecular formula is C11H26N2O2. The van der Waals surface area contributed by atoms with Crippen LogP contribution in [0.5, 0.6) is 0 Å². The van der Waals surface area contributed by atoms with Crippen molar-refractivity contribution in [3.8, 4) is 0 Å². The van der Waals surface area contributed by atoms with E-state index < -0.39 is 6.41 Å². The topological polar surface area (TPSA) is 53.5 Å². The summed E-state index contributed by atoms with van der Waals surface area (Å²) in [6.45, 7) is 8.60. The first-order valence-corrected chi connectivity index (χ1v) is 5.65. The standard InChI is InChI=1S/C11H26N2O2/c1-6-7-9(12-5)8-13-10(14)15-11(2,3)4/h9-10,12-14H,6-8H2,1-5H3. The van der Waals surface area contributed by atoms with E-state index in [4.69, 9.17) is 4.74 Å². The lowest BCUT2D eigenvalue weighted by atomic mass is 10.2. The molecule has 0 saturated heterocycles. The molecule has 4 heteroatoms. The molecule has 0 aromatic heterocycles. The van der Waals surface area contributed by atoms with Crippen molar-refractivity contribution < 1.29 is 9.84 Å². The van der Waals surface area contributed by atoms with E-state index in [0.29, 0.717) is 12.6 Å². The Morgan fingerprint density at radius 1 is 1.33 bits per heavy atom. The second-order valence-corrected chi connectivity index (χ2v) is 4.77. The largest absolute Gasteiger partial charge is 0.356 e. The Kier molecular flexibility index (Phi) is 7.09. The molecule has 0 fully saturated rings. The van der Waals surface area contributed by atoms with E-state index in [9.17, 15) is 5.11 Å². The van der Waals surface area contributed by atoms with Gasteiger partial charge in [-0.3, -0.25) is 5.32 Å². The van der Waals surface area contributed by atoms with Crippen molar-refractivity contribution >= 4 is 0 Å². The van der Waals surface area contributed by atoms with E-state index in [1.807, 2.05) is 27.8 Å². The van der Waals surface area contributed by atoms with Crippen LogP contribution in [0.3, 0.4) is 0 Å². The average molecular weight is 218 g/mol. The first kappa shape index (κ1) is 14.8. The van der Waals surface area contributed by atoms with Crippen molar-refractivity contribution in [3.05, 3.63) is 0 Å². The SMILES string of the molecule is CCCC(CNC(O)OC(C)(C)C)NC. The molecule has 4 nitrogen and oxygen atoms in total. The third-order valence-corrected chi connectivity index (χ3v) is 2.05. The maximum Gasteiger partial charge on any atom is 0.214 e. The van der Waals surface area contributed by atoms with E-state index in [1.165, 1.54) is 0 Å². The first-order valence-electron chi connectivity index (χ1n) is 5.65. The highest BCUT2D eigenvalue weighted by Gasteiger charge is 2.16. The molecule has 2 unspecified atom stereocenters. The second-order valence-electron chi connectivity index (χ2n) is 4.77. The molecule has 92 valence electrons. The Morgan fingerprint density at radius 2 is 1.93 bits per heavy atom. The van der Waals surface area contributed by atoms with Crippen LogP contribution in [0.25, 0.3) is 0 Å². The van der Waals surface area contributed by atoms with Gasteiger partial charge >= 0.3 is 0 Å². The van der Waals surface area contributed by atoms with Gasteiger partial charge in [-0.1, -0.05) is 13.3 Å². The molecule has 0 spiro atoms. The summed E-state index contributed by atoms with van der Waals surface area (Å²) in [7, 11) is 1.93. The van der Waals surface area contributed by atoms with Crippen LogP contribution in [0.4, 0.5) is 0 Å². The minimum absolute atomic E-state index is 0.327. The number of hydrogen-bond acceptors (Lipinski definition) is 4. The predicted molar refractivity (Wildman–Crippen MR) is 62.6 cm³/mol. The van der Waals surface area contributed by atoms with Gasteiger partial charge in [-0.05, 0) is 34.2 Å². The Morgan fingerprint density at radius 3 is 2.33 bits per heavy atom. The van der Waals surface area contributed by atoms with Gasteiger partial charge in [0.05, 0.1) is 5.60 Å². The fourth-order valence-corrected chi connectivity index (χ4v) is 1.32. The molecule has 15 heavy (non-hydrogen) atoms. The van der Waals surface area contributed by atoms with Gasteiger partial charge in [-0.15, -0.1) is 0 Å². The van der Waals surface area contributed by atoms with Crippen LogP contribution >= 0.6 is 0 Å². The summed E-state index contributed by atoms with van der Waals surface area (Å²) in [5.74, 6) is 0.